The van der Waals surface area contributed by atoms with Gasteiger partial charge in [-0.1, -0.05) is 11.8 Å². The maximum absolute atomic E-state index is 10.9. The van der Waals surface area contributed by atoms with Crippen LogP contribution in [-0.2, 0) is 4.79 Å². The summed E-state index contributed by atoms with van der Waals surface area (Å²) >= 11 is 1.29. The van der Waals surface area contributed by atoms with Crippen LogP contribution in [0.2, 0.25) is 0 Å². The first kappa shape index (κ1) is 13.4. The monoisotopic (exact) mass is 279 g/mol. The molecule has 1 N–H and O–H groups in total. The number of methoxy groups -OCH3 is 2. The lowest BCUT2D eigenvalue weighted by molar-refractivity contribution is -0.118. The number of carbonyl (C=O) groups is 1. The minimum atomic E-state index is -0.119. The number of carbonyl (C=O) groups excluding carboxylic acids is 1. The van der Waals surface area contributed by atoms with Gasteiger partial charge in [0, 0.05) is 17.8 Å². The number of aliphatic imine (C=N–C) groups is 1. The zero-order chi connectivity index (χ0) is 13.7. The molecule has 1 aliphatic heterocycles. The average Bonchev–Trinajstić information content (AvgIpc) is 2.46. The van der Waals surface area contributed by atoms with Crippen molar-refractivity contribution in [3.05, 3.63) is 23.8 Å². The van der Waals surface area contributed by atoms with Gasteiger partial charge in [0.05, 0.1) is 20.0 Å². The summed E-state index contributed by atoms with van der Waals surface area (Å²) in [5.41, 5.74) is 3.19. The van der Waals surface area contributed by atoms with E-state index in [1.54, 1.807) is 26.5 Å². The Morgan fingerprint density at radius 1 is 1.42 bits per heavy atom. The van der Waals surface area contributed by atoms with Crippen LogP contribution in [0.3, 0.4) is 0 Å². The van der Waals surface area contributed by atoms with E-state index in [0.29, 0.717) is 22.4 Å². The van der Waals surface area contributed by atoms with Crippen molar-refractivity contribution in [3.8, 4) is 11.5 Å². The largest absolute Gasteiger partial charge is 0.497 e. The van der Waals surface area contributed by atoms with Gasteiger partial charge in [-0.25, -0.2) is 10.4 Å². The van der Waals surface area contributed by atoms with E-state index in [2.05, 4.69) is 15.5 Å². The van der Waals surface area contributed by atoms with Crippen molar-refractivity contribution in [1.82, 2.24) is 5.43 Å². The van der Waals surface area contributed by atoms with Crippen LogP contribution in [0.1, 0.15) is 5.56 Å². The molecule has 0 saturated heterocycles. The van der Waals surface area contributed by atoms with E-state index in [1.165, 1.54) is 11.8 Å². The summed E-state index contributed by atoms with van der Waals surface area (Å²) < 4.78 is 10.4. The lowest BCUT2D eigenvalue weighted by atomic mass is 10.2. The Balaban J connectivity index is 2.16. The molecule has 1 aromatic carbocycles. The fourth-order valence-corrected chi connectivity index (χ4v) is 1.98. The summed E-state index contributed by atoms with van der Waals surface area (Å²) in [6, 6.07) is 5.44. The number of hydrazone groups is 1. The summed E-state index contributed by atoms with van der Waals surface area (Å²) in [5.74, 6) is 1.58. The lowest BCUT2D eigenvalue weighted by Gasteiger charge is -2.08. The van der Waals surface area contributed by atoms with Gasteiger partial charge in [-0.05, 0) is 12.1 Å². The van der Waals surface area contributed by atoms with E-state index in [9.17, 15) is 4.79 Å². The molecule has 1 amide bonds. The van der Waals surface area contributed by atoms with Crippen LogP contribution < -0.4 is 14.9 Å². The Bertz CT molecular complexity index is 543. The van der Waals surface area contributed by atoms with E-state index in [0.717, 1.165) is 5.56 Å². The molecule has 0 bridgehead atoms. The normalized spacial score (nSPS) is 15.1. The molecule has 6 nitrogen and oxygen atoms in total. The molecule has 1 heterocycles. The molecular weight excluding hydrogens is 266 g/mol. The van der Waals surface area contributed by atoms with E-state index in [-0.39, 0.29) is 5.91 Å². The summed E-state index contributed by atoms with van der Waals surface area (Å²) in [7, 11) is 3.18. The third-order valence-corrected chi connectivity index (χ3v) is 3.22. The molecule has 2 rings (SSSR count). The van der Waals surface area contributed by atoms with Crippen LogP contribution in [0, 0.1) is 0 Å². The van der Waals surface area contributed by atoms with Gasteiger partial charge >= 0.3 is 0 Å². The minimum Gasteiger partial charge on any atom is -0.497 e. The van der Waals surface area contributed by atoms with E-state index in [4.69, 9.17) is 9.47 Å². The van der Waals surface area contributed by atoms with Crippen LogP contribution in [0.25, 0.3) is 0 Å². The Morgan fingerprint density at radius 3 is 2.89 bits per heavy atom. The molecule has 100 valence electrons. The number of amides is 1. The Labute approximate surface area is 114 Å². The van der Waals surface area contributed by atoms with Gasteiger partial charge in [0.25, 0.3) is 5.91 Å². The molecule has 0 aliphatic carbocycles. The SMILES string of the molecule is COc1ccc(/C=N/C2=NNC(=O)CS2)c(OC)c1. The van der Waals surface area contributed by atoms with Crippen LogP contribution in [0.4, 0.5) is 0 Å². The van der Waals surface area contributed by atoms with Crippen molar-refractivity contribution in [3.63, 3.8) is 0 Å². The lowest BCUT2D eigenvalue weighted by Crippen LogP contribution is -2.25. The van der Waals surface area contributed by atoms with Crippen molar-refractivity contribution >= 4 is 29.1 Å². The molecule has 0 spiro atoms. The highest BCUT2D eigenvalue weighted by Crippen LogP contribution is 2.23. The number of amidine groups is 1. The number of hydrogen-bond donors (Lipinski definition) is 1. The van der Waals surface area contributed by atoms with Gasteiger partial charge in [0.1, 0.15) is 11.5 Å². The van der Waals surface area contributed by atoms with Crippen LogP contribution in [0.5, 0.6) is 11.5 Å². The van der Waals surface area contributed by atoms with E-state index < -0.39 is 0 Å². The number of nitrogens with one attached hydrogen (secondary N) is 1. The van der Waals surface area contributed by atoms with Crippen LogP contribution in [0.15, 0.2) is 28.3 Å². The fourth-order valence-electron chi connectivity index (χ4n) is 1.42. The zero-order valence-corrected chi connectivity index (χ0v) is 11.4. The van der Waals surface area contributed by atoms with Gasteiger partial charge in [-0.2, -0.15) is 0 Å². The summed E-state index contributed by atoms with van der Waals surface area (Å²) in [5, 5.41) is 4.34. The number of ether oxygens (including phenoxy) is 2. The van der Waals surface area contributed by atoms with E-state index in [1.807, 2.05) is 12.1 Å². The quantitative estimate of drug-likeness (QED) is 0.845. The van der Waals surface area contributed by atoms with Crippen molar-refractivity contribution in [1.29, 1.82) is 0 Å². The summed E-state index contributed by atoms with van der Waals surface area (Å²) in [6.07, 6.45) is 1.64. The predicted molar refractivity (Wildman–Crippen MR) is 75.2 cm³/mol. The Morgan fingerprint density at radius 2 is 2.26 bits per heavy atom. The Kier molecular flexibility index (Phi) is 4.40. The number of rotatable bonds is 3. The fraction of sp³-hybridized carbons (Fsp3) is 0.250. The van der Waals surface area contributed by atoms with Gasteiger partial charge in [-0.3, -0.25) is 4.79 Å². The van der Waals surface area contributed by atoms with E-state index >= 15 is 0 Å². The first-order chi connectivity index (χ1) is 9.22. The highest BCUT2D eigenvalue weighted by Gasteiger charge is 2.11. The number of nitrogens with zero attached hydrogens (tertiary/aromatic N) is 2. The summed E-state index contributed by atoms with van der Waals surface area (Å²) in [6.45, 7) is 0. The second kappa shape index (κ2) is 6.24. The first-order valence-electron chi connectivity index (χ1n) is 5.48. The molecule has 0 unspecified atom stereocenters. The third kappa shape index (κ3) is 3.47. The smallest absolute Gasteiger partial charge is 0.250 e. The second-order valence-electron chi connectivity index (χ2n) is 3.58. The zero-order valence-electron chi connectivity index (χ0n) is 10.5. The maximum atomic E-state index is 10.9. The average molecular weight is 279 g/mol. The Hall–Kier alpha value is -2.02. The van der Waals surface area contributed by atoms with Crippen molar-refractivity contribution in [2.75, 3.05) is 20.0 Å². The molecule has 1 aliphatic rings. The van der Waals surface area contributed by atoms with Gasteiger partial charge in [-0.15, -0.1) is 5.10 Å². The maximum Gasteiger partial charge on any atom is 0.250 e. The van der Waals surface area contributed by atoms with Crippen LogP contribution >= 0.6 is 11.8 Å². The minimum absolute atomic E-state index is 0.119. The molecule has 0 fully saturated rings. The highest BCUT2D eigenvalue weighted by molar-refractivity contribution is 8.14. The molecule has 0 atom stereocenters. The van der Waals surface area contributed by atoms with Crippen molar-refractivity contribution < 1.29 is 14.3 Å². The van der Waals surface area contributed by atoms with Crippen molar-refractivity contribution in [2.24, 2.45) is 10.1 Å². The van der Waals surface area contributed by atoms with Gasteiger partial charge in [0.2, 0.25) is 5.17 Å². The third-order valence-electron chi connectivity index (χ3n) is 2.36. The molecular formula is C12H13N3O3S. The molecule has 19 heavy (non-hydrogen) atoms. The van der Waals surface area contributed by atoms with Gasteiger partial charge < -0.3 is 9.47 Å². The number of hydrogen-bond acceptors (Lipinski definition) is 6. The first-order valence-corrected chi connectivity index (χ1v) is 6.47. The molecule has 1 aromatic rings. The summed E-state index contributed by atoms with van der Waals surface area (Å²) in [4.78, 5) is 15.1. The standard InChI is InChI=1S/C12H13N3O3S/c1-17-9-4-3-8(10(5-9)18-2)6-13-12-15-14-11(16)7-19-12/h3-6H,7H2,1-2H3,(H,14,16)/b13-6+. The predicted octanol–water partition coefficient (Wildman–Crippen LogP) is 1.26. The molecule has 0 aromatic heterocycles. The molecule has 0 radical (unpaired) electrons. The topological polar surface area (TPSA) is 72.3 Å². The highest BCUT2D eigenvalue weighted by atomic mass is 32.2. The van der Waals surface area contributed by atoms with Gasteiger partial charge in [0.15, 0.2) is 0 Å². The second-order valence-corrected chi connectivity index (χ2v) is 4.53. The molecule has 0 saturated carbocycles. The number of thioether (sulfide) groups is 1. The van der Waals surface area contributed by atoms with Crippen molar-refractivity contribution in [2.45, 2.75) is 0 Å². The van der Waals surface area contributed by atoms with Crippen LogP contribution in [-0.4, -0.2) is 37.3 Å². The number of benzene rings is 1. The molecule has 7 heteroatoms.